The highest BCUT2D eigenvalue weighted by molar-refractivity contribution is 5.91. The van der Waals surface area contributed by atoms with E-state index < -0.39 is 0 Å². The summed E-state index contributed by atoms with van der Waals surface area (Å²) in [4.78, 5) is 11.8. The molecule has 2 aromatic rings. The van der Waals surface area contributed by atoms with E-state index in [0.717, 1.165) is 6.42 Å². The Kier molecular flexibility index (Phi) is 4.78. The summed E-state index contributed by atoms with van der Waals surface area (Å²) >= 11 is 0. The zero-order chi connectivity index (χ0) is 14.4. The highest BCUT2D eigenvalue weighted by Crippen LogP contribution is 2.08. The fourth-order valence-corrected chi connectivity index (χ4v) is 1.60. The lowest BCUT2D eigenvalue weighted by atomic mass is 10.3. The molecule has 1 amide bonds. The molecule has 1 aromatic carbocycles. The molecule has 1 aromatic heterocycles. The average Bonchev–Trinajstić information content (AvgIpc) is 2.94. The predicted molar refractivity (Wildman–Crippen MR) is 70.1 cm³/mol. The molecule has 106 valence electrons. The monoisotopic (exact) mass is 278 g/mol. The van der Waals surface area contributed by atoms with Crippen molar-refractivity contribution in [3.8, 4) is 5.69 Å². The first-order chi connectivity index (χ1) is 9.70. The third-order valence-corrected chi connectivity index (χ3v) is 2.63. The van der Waals surface area contributed by atoms with Crippen LogP contribution >= 0.6 is 0 Å². The van der Waals surface area contributed by atoms with Crippen molar-refractivity contribution in [3.63, 3.8) is 0 Å². The minimum Gasteiger partial charge on any atom is -0.385 e. The summed E-state index contributed by atoms with van der Waals surface area (Å²) in [6, 6.07) is 5.76. The molecule has 7 heteroatoms. The van der Waals surface area contributed by atoms with Gasteiger partial charge in [-0.1, -0.05) is 5.21 Å². The van der Waals surface area contributed by atoms with Crippen LogP contribution in [0.2, 0.25) is 0 Å². The standard InChI is InChI=1S/C13H15FN4O2/c1-20-8-2-7-15-13(19)12-9-18(17-16-12)11-5-3-10(14)4-6-11/h3-6,9H,2,7-8H2,1H3,(H,15,19). The number of halogens is 1. The van der Waals surface area contributed by atoms with Gasteiger partial charge in [-0.15, -0.1) is 5.10 Å². The Balaban J connectivity index is 1.98. The van der Waals surface area contributed by atoms with Crippen molar-refractivity contribution in [2.45, 2.75) is 6.42 Å². The minimum absolute atomic E-state index is 0.215. The summed E-state index contributed by atoms with van der Waals surface area (Å²) in [6.45, 7) is 1.10. The molecule has 0 fully saturated rings. The number of benzene rings is 1. The number of amides is 1. The first-order valence-electron chi connectivity index (χ1n) is 6.16. The Hall–Kier alpha value is -2.28. The van der Waals surface area contributed by atoms with E-state index in [1.165, 1.54) is 23.0 Å². The van der Waals surface area contributed by atoms with Gasteiger partial charge in [-0.25, -0.2) is 9.07 Å². The molecule has 0 bridgehead atoms. The second-order valence-corrected chi connectivity index (χ2v) is 4.13. The predicted octanol–water partition coefficient (Wildman–Crippen LogP) is 1.17. The topological polar surface area (TPSA) is 69.0 Å². The summed E-state index contributed by atoms with van der Waals surface area (Å²) in [5, 5.41) is 10.3. The van der Waals surface area contributed by atoms with Crippen LogP contribution in [-0.4, -0.2) is 41.2 Å². The summed E-state index contributed by atoms with van der Waals surface area (Å²) in [5.74, 6) is -0.626. The van der Waals surface area contributed by atoms with Crippen molar-refractivity contribution in [2.75, 3.05) is 20.3 Å². The molecule has 0 saturated heterocycles. The Bertz CT molecular complexity index is 568. The lowest BCUT2D eigenvalue weighted by Gasteiger charge is -2.01. The van der Waals surface area contributed by atoms with Gasteiger partial charge in [-0.2, -0.15) is 0 Å². The molecule has 0 spiro atoms. The van der Waals surface area contributed by atoms with Crippen LogP contribution in [0.5, 0.6) is 0 Å². The summed E-state index contributed by atoms with van der Waals surface area (Å²) in [6.07, 6.45) is 2.23. The smallest absolute Gasteiger partial charge is 0.273 e. The average molecular weight is 278 g/mol. The van der Waals surface area contributed by atoms with E-state index in [0.29, 0.717) is 18.8 Å². The molecular formula is C13H15FN4O2. The van der Waals surface area contributed by atoms with Crippen LogP contribution in [0.4, 0.5) is 4.39 Å². The molecule has 1 heterocycles. The summed E-state index contributed by atoms with van der Waals surface area (Å²) in [5.41, 5.74) is 0.851. The molecule has 0 atom stereocenters. The van der Waals surface area contributed by atoms with Crippen LogP contribution in [0.25, 0.3) is 5.69 Å². The minimum atomic E-state index is -0.329. The van der Waals surface area contributed by atoms with Gasteiger partial charge in [0, 0.05) is 20.3 Å². The largest absolute Gasteiger partial charge is 0.385 e. The van der Waals surface area contributed by atoms with Crippen molar-refractivity contribution < 1.29 is 13.9 Å². The van der Waals surface area contributed by atoms with Crippen molar-refractivity contribution >= 4 is 5.91 Å². The molecule has 20 heavy (non-hydrogen) atoms. The van der Waals surface area contributed by atoms with Crippen LogP contribution in [0.15, 0.2) is 30.5 Å². The van der Waals surface area contributed by atoms with Crippen LogP contribution in [0, 0.1) is 5.82 Å². The molecule has 0 aliphatic rings. The van der Waals surface area contributed by atoms with E-state index in [2.05, 4.69) is 15.6 Å². The Labute approximate surface area is 115 Å². The molecule has 2 rings (SSSR count). The van der Waals surface area contributed by atoms with Gasteiger partial charge in [0.15, 0.2) is 5.69 Å². The fourth-order valence-electron chi connectivity index (χ4n) is 1.60. The summed E-state index contributed by atoms with van der Waals surface area (Å²) < 4.78 is 19.1. The maximum atomic E-state index is 12.8. The van der Waals surface area contributed by atoms with Crippen molar-refractivity contribution in [1.82, 2.24) is 20.3 Å². The van der Waals surface area contributed by atoms with E-state index in [1.54, 1.807) is 19.2 Å². The van der Waals surface area contributed by atoms with Crippen LogP contribution in [0.1, 0.15) is 16.9 Å². The third kappa shape index (κ3) is 3.61. The Morgan fingerprint density at radius 2 is 2.15 bits per heavy atom. The van der Waals surface area contributed by atoms with E-state index >= 15 is 0 Å². The molecule has 0 radical (unpaired) electrons. The molecule has 1 N–H and O–H groups in total. The molecule has 6 nitrogen and oxygen atoms in total. The van der Waals surface area contributed by atoms with E-state index in [4.69, 9.17) is 4.74 Å². The van der Waals surface area contributed by atoms with Crippen molar-refractivity contribution in [3.05, 3.63) is 42.0 Å². The van der Waals surface area contributed by atoms with Crippen molar-refractivity contribution in [1.29, 1.82) is 0 Å². The zero-order valence-corrected chi connectivity index (χ0v) is 11.0. The van der Waals surface area contributed by atoms with Gasteiger partial charge in [0.1, 0.15) is 5.82 Å². The molecular weight excluding hydrogens is 263 g/mol. The van der Waals surface area contributed by atoms with Crippen LogP contribution in [0.3, 0.4) is 0 Å². The second-order valence-electron chi connectivity index (χ2n) is 4.13. The van der Waals surface area contributed by atoms with Gasteiger partial charge in [0.2, 0.25) is 0 Å². The SMILES string of the molecule is COCCCNC(=O)c1cn(-c2ccc(F)cc2)nn1. The lowest BCUT2D eigenvalue weighted by molar-refractivity contribution is 0.0943. The van der Waals surface area contributed by atoms with Gasteiger partial charge < -0.3 is 10.1 Å². The van der Waals surface area contributed by atoms with E-state index in [9.17, 15) is 9.18 Å². The van der Waals surface area contributed by atoms with Crippen LogP contribution < -0.4 is 5.32 Å². The Morgan fingerprint density at radius 1 is 1.40 bits per heavy atom. The molecule has 0 aliphatic heterocycles. The fraction of sp³-hybridized carbons (Fsp3) is 0.308. The number of hydrogen-bond donors (Lipinski definition) is 1. The normalized spacial score (nSPS) is 10.5. The van der Waals surface area contributed by atoms with Gasteiger partial charge in [-0.05, 0) is 30.7 Å². The maximum Gasteiger partial charge on any atom is 0.273 e. The van der Waals surface area contributed by atoms with Gasteiger partial charge in [0.05, 0.1) is 11.9 Å². The van der Waals surface area contributed by atoms with Gasteiger partial charge >= 0.3 is 0 Å². The number of aromatic nitrogens is 3. The first-order valence-corrected chi connectivity index (χ1v) is 6.16. The number of hydrogen-bond acceptors (Lipinski definition) is 4. The number of nitrogens with zero attached hydrogens (tertiary/aromatic N) is 3. The first kappa shape index (κ1) is 14.1. The van der Waals surface area contributed by atoms with Gasteiger partial charge in [0.25, 0.3) is 5.91 Å². The second kappa shape index (κ2) is 6.76. The van der Waals surface area contributed by atoms with Crippen molar-refractivity contribution in [2.24, 2.45) is 0 Å². The zero-order valence-electron chi connectivity index (χ0n) is 11.0. The summed E-state index contributed by atoms with van der Waals surface area (Å²) in [7, 11) is 1.61. The number of rotatable bonds is 6. The Morgan fingerprint density at radius 3 is 2.85 bits per heavy atom. The number of nitrogens with one attached hydrogen (secondary N) is 1. The van der Waals surface area contributed by atoms with Crippen LogP contribution in [-0.2, 0) is 4.74 Å². The molecule has 0 saturated carbocycles. The number of ether oxygens (including phenoxy) is 1. The maximum absolute atomic E-state index is 12.8. The van der Waals surface area contributed by atoms with E-state index in [-0.39, 0.29) is 17.4 Å². The number of carbonyl (C=O) groups is 1. The number of carbonyl (C=O) groups excluding carboxylic acids is 1. The highest BCUT2D eigenvalue weighted by Gasteiger charge is 2.10. The lowest BCUT2D eigenvalue weighted by Crippen LogP contribution is -2.25. The quantitative estimate of drug-likeness (QED) is 0.805. The molecule has 0 unspecified atom stereocenters. The van der Waals surface area contributed by atoms with E-state index in [1.807, 2.05) is 0 Å². The molecule has 0 aliphatic carbocycles. The van der Waals surface area contributed by atoms with Gasteiger partial charge in [-0.3, -0.25) is 4.79 Å². The number of methoxy groups -OCH3 is 1. The highest BCUT2D eigenvalue weighted by atomic mass is 19.1. The third-order valence-electron chi connectivity index (χ3n) is 2.63.